The topological polar surface area (TPSA) is 52.6 Å². The molecule has 0 aliphatic carbocycles. The van der Waals surface area contributed by atoms with E-state index in [1.165, 1.54) is 51.4 Å². The fourth-order valence-electron chi connectivity index (χ4n) is 3.11. The number of unbranched alkanes of at least 4 members (excludes halogenated alkanes) is 10. The Morgan fingerprint density at radius 2 is 1.00 bits per heavy atom. The van der Waals surface area contributed by atoms with Crippen LogP contribution in [-0.2, 0) is 9.47 Å². The lowest BCUT2D eigenvalue weighted by atomic mass is 10.1. The van der Waals surface area contributed by atoms with E-state index in [4.69, 9.17) is 9.47 Å². The van der Waals surface area contributed by atoms with E-state index in [1.807, 2.05) is 0 Å². The van der Waals surface area contributed by atoms with Crippen LogP contribution in [0.15, 0.2) is 21.1 Å². The lowest BCUT2D eigenvalue weighted by Gasteiger charge is -2.11. The second-order valence-corrected chi connectivity index (χ2v) is 9.33. The molecule has 0 heterocycles. The van der Waals surface area contributed by atoms with Crippen LogP contribution in [0.2, 0.25) is 0 Å². The van der Waals surface area contributed by atoms with Crippen LogP contribution in [0, 0.1) is 0 Å². The van der Waals surface area contributed by atoms with E-state index >= 15 is 0 Å². The summed E-state index contributed by atoms with van der Waals surface area (Å²) >= 11 is 6.79. The van der Waals surface area contributed by atoms with Gasteiger partial charge < -0.3 is 9.47 Å². The first kappa shape index (κ1) is 27.2. The molecule has 0 radical (unpaired) electrons. The van der Waals surface area contributed by atoms with Crippen LogP contribution in [-0.4, -0.2) is 25.2 Å². The van der Waals surface area contributed by atoms with Gasteiger partial charge in [0, 0.05) is 8.95 Å². The first-order valence-corrected chi connectivity index (χ1v) is 12.9. The number of ether oxygens (including phenoxy) is 2. The minimum Gasteiger partial charge on any atom is -0.462 e. The highest BCUT2D eigenvalue weighted by Crippen LogP contribution is 2.27. The maximum Gasteiger partial charge on any atom is 0.339 e. The van der Waals surface area contributed by atoms with Gasteiger partial charge in [-0.15, -0.1) is 0 Å². The molecule has 0 N–H and O–H groups in total. The number of hydrogen-bond donors (Lipinski definition) is 0. The molecule has 0 aliphatic rings. The van der Waals surface area contributed by atoms with E-state index in [9.17, 15) is 9.59 Å². The Kier molecular flexibility index (Phi) is 15.2. The highest BCUT2D eigenvalue weighted by molar-refractivity contribution is 9.11. The van der Waals surface area contributed by atoms with Gasteiger partial charge in [-0.3, -0.25) is 0 Å². The molecule has 0 aromatic heterocycles. The van der Waals surface area contributed by atoms with Crippen molar-refractivity contribution in [3.8, 4) is 0 Å². The summed E-state index contributed by atoms with van der Waals surface area (Å²) in [5, 5.41) is 0. The van der Waals surface area contributed by atoms with Crippen LogP contribution in [0.3, 0.4) is 0 Å². The Balaban J connectivity index is 2.49. The standard InChI is InChI=1S/C24H36Br2O4/c1-3-5-7-9-11-13-15-29-23(27)19-17-20(22(26)18-21(19)25)24(28)30-16-14-12-10-8-6-4-2/h17-18H,3-16H2,1-2H3. The number of carbonyl (C=O) groups excluding carboxylic acids is 2. The summed E-state index contributed by atoms with van der Waals surface area (Å²) in [5.74, 6) is -0.846. The van der Waals surface area contributed by atoms with Gasteiger partial charge in [-0.1, -0.05) is 78.1 Å². The van der Waals surface area contributed by atoms with E-state index in [2.05, 4.69) is 45.7 Å². The van der Waals surface area contributed by atoms with Crippen LogP contribution < -0.4 is 0 Å². The van der Waals surface area contributed by atoms with Gasteiger partial charge in [0.15, 0.2) is 0 Å². The summed E-state index contributed by atoms with van der Waals surface area (Å²) in [6.07, 6.45) is 13.6. The van der Waals surface area contributed by atoms with Gasteiger partial charge in [0.25, 0.3) is 0 Å². The normalized spacial score (nSPS) is 10.8. The summed E-state index contributed by atoms with van der Waals surface area (Å²) in [7, 11) is 0. The molecular weight excluding hydrogens is 512 g/mol. The molecule has 0 saturated heterocycles. The number of carbonyl (C=O) groups is 2. The first-order valence-electron chi connectivity index (χ1n) is 11.3. The third-order valence-corrected chi connectivity index (χ3v) is 6.27. The van der Waals surface area contributed by atoms with E-state index in [0.29, 0.717) is 33.3 Å². The van der Waals surface area contributed by atoms with Gasteiger partial charge in [-0.2, -0.15) is 0 Å². The van der Waals surface area contributed by atoms with Gasteiger partial charge in [0.2, 0.25) is 0 Å². The van der Waals surface area contributed by atoms with Crippen LogP contribution in [0.5, 0.6) is 0 Å². The van der Waals surface area contributed by atoms with E-state index in [0.717, 1.165) is 25.7 Å². The van der Waals surface area contributed by atoms with Crippen molar-refractivity contribution in [1.82, 2.24) is 0 Å². The SMILES string of the molecule is CCCCCCCCOC(=O)c1cc(C(=O)OCCCCCCCC)c(Br)cc1Br. The monoisotopic (exact) mass is 546 g/mol. The minimum absolute atomic E-state index is 0.343. The molecule has 0 amide bonds. The molecule has 6 heteroatoms. The molecule has 0 spiro atoms. The van der Waals surface area contributed by atoms with Crippen molar-refractivity contribution in [2.24, 2.45) is 0 Å². The molecule has 1 aromatic rings. The zero-order valence-corrected chi connectivity index (χ0v) is 21.6. The van der Waals surface area contributed by atoms with E-state index in [1.54, 1.807) is 12.1 Å². The van der Waals surface area contributed by atoms with Gasteiger partial charge in [0.05, 0.1) is 24.3 Å². The van der Waals surface area contributed by atoms with Crippen LogP contribution in [0.1, 0.15) is 112 Å². The molecule has 0 fully saturated rings. The molecule has 0 bridgehead atoms. The largest absolute Gasteiger partial charge is 0.462 e. The fraction of sp³-hybridized carbons (Fsp3) is 0.667. The van der Waals surface area contributed by atoms with Crippen molar-refractivity contribution in [3.63, 3.8) is 0 Å². The van der Waals surface area contributed by atoms with Gasteiger partial charge >= 0.3 is 11.9 Å². The summed E-state index contributed by atoms with van der Waals surface area (Å²) < 4.78 is 12.0. The minimum atomic E-state index is -0.423. The molecule has 1 aromatic carbocycles. The maximum atomic E-state index is 12.5. The molecule has 1 rings (SSSR count). The van der Waals surface area contributed by atoms with E-state index < -0.39 is 11.9 Å². The fourth-order valence-corrected chi connectivity index (χ4v) is 4.43. The molecule has 0 saturated carbocycles. The Morgan fingerprint density at radius 3 is 1.40 bits per heavy atom. The van der Waals surface area contributed by atoms with Crippen molar-refractivity contribution in [1.29, 1.82) is 0 Å². The molecular formula is C24H36Br2O4. The van der Waals surface area contributed by atoms with Gasteiger partial charge in [-0.25, -0.2) is 9.59 Å². The van der Waals surface area contributed by atoms with Crippen molar-refractivity contribution in [3.05, 3.63) is 32.2 Å². The zero-order valence-electron chi connectivity index (χ0n) is 18.4. The van der Waals surface area contributed by atoms with Crippen molar-refractivity contribution >= 4 is 43.8 Å². The number of rotatable bonds is 16. The van der Waals surface area contributed by atoms with Crippen molar-refractivity contribution < 1.29 is 19.1 Å². The third-order valence-electron chi connectivity index (χ3n) is 4.96. The smallest absolute Gasteiger partial charge is 0.339 e. The Bertz CT molecular complexity index is 595. The second-order valence-electron chi connectivity index (χ2n) is 7.62. The summed E-state index contributed by atoms with van der Waals surface area (Å²) in [5.41, 5.74) is 0.686. The predicted octanol–water partition coefficient (Wildman–Crippen LogP) is 8.25. The number of benzene rings is 1. The van der Waals surface area contributed by atoms with Crippen molar-refractivity contribution in [2.45, 2.75) is 90.9 Å². The third kappa shape index (κ3) is 10.9. The summed E-state index contributed by atoms with van der Waals surface area (Å²) in [6.45, 7) is 5.17. The molecule has 170 valence electrons. The number of hydrogen-bond acceptors (Lipinski definition) is 4. The molecule has 0 unspecified atom stereocenters. The Hall–Kier alpha value is -0.880. The lowest BCUT2D eigenvalue weighted by Crippen LogP contribution is -2.12. The highest BCUT2D eigenvalue weighted by atomic mass is 79.9. The Morgan fingerprint density at radius 1 is 0.633 bits per heavy atom. The molecule has 0 atom stereocenters. The van der Waals surface area contributed by atoms with Crippen LogP contribution in [0.4, 0.5) is 0 Å². The predicted molar refractivity (Wildman–Crippen MR) is 129 cm³/mol. The van der Waals surface area contributed by atoms with Crippen LogP contribution in [0.25, 0.3) is 0 Å². The zero-order chi connectivity index (χ0) is 22.2. The summed E-state index contributed by atoms with van der Waals surface area (Å²) in [4.78, 5) is 24.9. The lowest BCUT2D eigenvalue weighted by molar-refractivity contribution is 0.0495. The second kappa shape index (κ2) is 16.8. The van der Waals surface area contributed by atoms with Crippen LogP contribution >= 0.6 is 31.9 Å². The molecule has 4 nitrogen and oxygen atoms in total. The quantitative estimate of drug-likeness (QED) is 0.154. The van der Waals surface area contributed by atoms with Gasteiger partial charge in [0.1, 0.15) is 0 Å². The number of halogens is 2. The summed E-state index contributed by atoms with van der Waals surface area (Å²) in [6, 6.07) is 3.24. The Labute approximate surface area is 198 Å². The molecule has 0 aliphatic heterocycles. The highest BCUT2D eigenvalue weighted by Gasteiger charge is 2.19. The number of esters is 2. The average Bonchev–Trinajstić information content (AvgIpc) is 2.72. The van der Waals surface area contributed by atoms with E-state index in [-0.39, 0.29) is 0 Å². The first-order chi connectivity index (χ1) is 14.5. The average molecular weight is 548 g/mol. The molecule has 30 heavy (non-hydrogen) atoms. The van der Waals surface area contributed by atoms with Gasteiger partial charge in [-0.05, 0) is 56.8 Å². The maximum absolute atomic E-state index is 12.5. The van der Waals surface area contributed by atoms with Crippen molar-refractivity contribution in [2.75, 3.05) is 13.2 Å².